The van der Waals surface area contributed by atoms with E-state index in [1.165, 1.54) is 31.0 Å². The Morgan fingerprint density at radius 3 is 2.70 bits per heavy atom. The highest BCUT2D eigenvalue weighted by Gasteiger charge is 2.32. The molecule has 5 heteroatoms. The van der Waals surface area contributed by atoms with Gasteiger partial charge in [-0.1, -0.05) is 6.07 Å². The minimum atomic E-state index is -0.498. The zero-order valence-electron chi connectivity index (χ0n) is 11.4. The summed E-state index contributed by atoms with van der Waals surface area (Å²) in [6.07, 6.45) is 2.69. The van der Waals surface area contributed by atoms with Gasteiger partial charge in [0.05, 0.1) is 12.7 Å². The predicted molar refractivity (Wildman–Crippen MR) is 72.4 cm³/mol. The second-order valence-corrected chi connectivity index (χ2v) is 5.55. The summed E-state index contributed by atoms with van der Waals surface area (Å²) in [7, 11) is 0. The number of benzene rings is 1. The first-order valence-electron chi connectivity index (χ1n) is 7.23. The Morgan fingerprint density at radius 2 is 2.00 bits per heavy atom. The first kappa shape index (κ1) is 13.9. The summed E-state index contributed by atoms with van der Waals surface area (Å²) in [5.41, 5.74) is 0.0994. The molecule has 0 unspecified atom stereocenters. The third-order valence-corrected chi connectivity index (χ3v) is 3.97. The highest BCUT2D eigenvalue weighted by atomic mass is 19.1. The molecular formula is C15H20F2N2O. The van der Waals surface area contributed by atoms with Crippen molar-refractivity contribution < 1.29 is 13.5 Å². The van der Waals surface area contributed by atoms with Gasteiger partial charge in [-0.3, -0.25) is 4.90 Å². The fourth-order valence-electron chi connectivity index (χ4n) is 2.70. The Morgan fingerprint density at radius 1 is 1.25 bits per heavy atom. The van der Waals surface area contributed by atoms with Crippen LogP contribution in [0.5, 0.6) is 0 Å². The van der Waals surface area contributed by atoms with Crippen LogP contribution in [0.1, 0.15) is 18.4 Å². The predicted octanol–water partition coefficient (Wildman–Crippen LogP) is 1.92. The van der Waals surface area contributed by atoms with Crippen LogP contribution in [0, 0.1) is 11.6 Å². The Labute approximate surface area is 117 Å². The fourth-order valence-corrected chi connectivity index (χ4v) is 2.70. The summed E-state index contributed by atoms with van der Waals surface area (Å²) < 4.78 is 32.6. The second kappa shape index (κ2) is 6.16. The van der Waals surface area contributed by atoms with Crippen molar-refractivity contribution in [3.8, 4) is 0 Å². The van der Waals surface area contributed by atoms with E-state index in [0.717, 1.165) is 25.7 Å². The van der Waals surface area contributed by atoms with Crippen LogP contribution in [0.4, 0.5) is 8.78 Å². The standard InChI is InChI=1S/C15H20F2N2O/c16-14-2-1-3-15(17)13(14)9-18-8-12-10-19(6-7-20-12)11-4-5-11/h1-3,11-12,18H,4-10H2/t12-/m1/s1. The Hall–Kier alpha value is -1.04. The lowest BCUT2D eigenvalue weighted by Crippen LogP contribution is -2.47. The quantitative estimate of drug-likeness (QED) is 0.893. The molecule has 20 heavy (non-hydrogen) atoms. The van der Waals surface area contributed by atoms with Gasteiger partial charge in [0.15, 0.2) is 0 Å². The molecule has 1 N–H and O–H groups in total. The van der Waals surface area contributed by atoms with Crippen molar-refractivity contribution >= 4 is 0 Å². The summed E-state index contributed by atoms with van der Waals surface area (Å²) in [5.74, 6) is -0.997. The molecule has 0 amide bonds. The van der Waals surface area contributed by atoms with Crippen molar-refractivity contribution in [2.75, 3.05) is 26.2 Å². The van der Waals surface area contributed by atoms with Gasteiger partial charge in [0.1, 0.15) is 11.6 Å². The van der Waals surface area contributed by atoms with Crippen molar-refractivity contribution in [2.24, 2.45) is 0 Å². The van der Waals surface area contributed by atoms with Crippen LogP contribution in [-0.2, 0) is 11.3 Å². The molecule has 110 valence electrons. The summed E-state index contributed by atoms with van der Waals surface area (Å²) in [5, 5.41) is 3.10. The zero-order valence-corrected chi connectivity index (χ0v) is 11.4. The molecule has 2 aliphatic rings. The summed E-state index contributed by atoms with van der Waals surface area (Å²) >= 11 is 0. The average Bonchev–Trinajstić information content (AvgIpc) is 3.27. The molecule has 1 aliphatic carbocycles. The van der Waals surface area contributed by atoms with Crippen LogP contribution in [-0.4, -0.2) is 43.3 Å². The topological polar surface area (TPSA) is 24.5 Å². The molecule has 1 aromatic rings. The molecule has 1 saturated heterocycles. The second-order valence-electron chi connectivity index (χ2n) is 5.55. The van der Waals surface area contributed by atoms with E-state index in [1.807, 2.05) is 0 Å². The van der Waals surface area contributed by atoms with Crippen LogP contribution in [0.3, 0.4) is 0 Å². The molecule has 1 heterocycles. The van der Waals surface area contributed by atoms with Crippen LogP contribution >= 0.6 is 0 Å². The monoisotopic (exact) mass is 282 g/mol. The number of nitrogens with zero attached hydrogens (tertiary/aromatic N) is 1. The van der Waals surface area contributed by atoms with Gasteiger partial charge >= 0.3 is 0 Å². The van der Waals surface area contributed by atoms with Gasteiger partial charge in [0.2, 0.25) is 0 Å². The smallest absolute Gasteiger partial charge is 0.130 e. The van der Waals surface area contributed by atoms with E-state index in [0.29, 0.717) is 6.54 Å². The van der Waals surface area contributed by atoms with Crippen molar-refractivity contribution in [3.05, 3.63) is 35.4 Å². The summed E-state index contributed by atoms with van der Waals surface area (Å²) in [4.78, 5) is 2.46. The van der Waals surface area contributed by atoms with E-state index in [2.05, 4.69) is 10.2 Å². The van der Waals surface area contributed by atoms with Gasteiger partial charge < -0.3 is 10.1 Å². The van der Waals surface area contributed by atoms with E-state index >= 15 is 0 Å². The van der Waals surface area contributed by atoms with Gasteiger partial charge in [-0.05, 0) is 25.0 Å². The molecule has 0 aromatic heterocycles. The van der Waals surface area contributed by atoms with Gasteiger partial charge in [0, 0.05) is 37.8 Å². The number of rotatable bonds is 5. The van der Waals surface area contributed by atoms with Crippen molar-refractivity contribution in [1.29, 1.82) is 0 Å². The fraction of sp³-hybridized carbons (Fsp3) is 0.600. The van der Waals surface area contributed by atoms with Gasteiger partial charge in [-0.15, -0.1) is 0 Å². The van der Waals surface area contributed by atoms with Crippen LogP contribution < -0.4 is 5.32 Å². The lowest BCUT2D eigenvalue weighted by atomic mass is 10.2. The molecule has 1 saturated carbocycles. The number of hydrogen-bond acceptors (Lipinski definition) is 3. The van der Waals surface area contributed by atoms with E-state index in [9.17, 15) is 8.78 Å². The van der Waals surface area contributed by atoms with E-state index < -0.39 is 11.6 Å². The summed E-state index contributed by atoms with van der Waals surface area (Å²) in [6.45, 7) is 3.48. The molecule has 1 aliphatic heterocycles. The highest BCUT2D eigenvalue weighted by molar-refractivity contribution is 5.19. The number of nitrogens with one attached hydrogen (secondary N) is 1. The molecule has 0 radical (unpaired) electrons. The maximum absolute atomic E-state index is 13.5. The van der Waals surface area contributed by atoms with Crippen molar-refractivity contribution in [3.63, 3.8) is 0 Å². The minimum Gasteiger partial charge on any atom is -0.374 e. The highest BCUT2D eigenvalue weighted by Crippen LogP contribution is 2.28. The van der Waals surface area contributed by atoms with Gasteiger partial charge in [0.25, 0.3) is 0 Å². The first-order valence-corrected chi connectivity index (χ1v) is 7.23. The van der Waals surface area contributed by atoms with E-state index in [-0.39, 0.29) is 18.2 Å². The molecule has 3 rings (SSSR count). The molecular weight excluding hydrogens is 262 g/mol. The largest absolute Gasteiger partial charge is 0.374 e. The zero-order chi connectivity index (χ0) is 13.9. The van der Waals surface area contributed by atoms with Crippen LogP contribution in [0.2, 0.25) is 0 Å². The number of halogens is 2. The Balaban J connectivity index is 1.47. The van der Waals surface area contributed by atoms with Gasteiger partial charge in [-0.25, -0.2) is 8.78 Å². The molecule has 3 nitrogen and oxygen atoms in total. The lowest BCUT2D eigenvalue weighted by molar-refractivity contribution is -0.0302. The number of hydrogen-bond donors (Lipinski definition) is 1. The maximum Gasteiger partial charge on any atom is 0.130 e. The first-order chi connectivity index (χ1) is 9.74. The SMILES string of the molecule is Fc1cccc(F)c1CNC[C@@H]1CN(C2CC2)CCO1. The Bertz CT molecular complexity index is 445. The minimum absolute atomic E-state index is 0.0994. The number of morpholine rings is 1. The normalized spacial score (nSPS) is 24.0. The third kappa shape index (κ3) is 3.34. The summed E-state index contributed by atoms with van der Waals surface area (Å²) in [6, 6.07) is 4.69. The van der Waals surface area contributed by atoms with E-state index in [1.54, 1.807) is 0 Å². The third-order valence-electron chi connectivity index (χ3n) is 3.97. The van der Waals surface area contributed by atoms with Gasteiger partial charge in [-0.2, -0.15) is 0 Å². The average molecular weight is 282 g/mol. The van der Waals surface area contributed by atoms with Crippen LogP contribution in [0.15, 0.2) is 18.2 Å². The maximum atomic E-state index is 13.5. The molecule has 0 bridgehead atoms. The Kier molecular flexibility index (Phi) is 4.29. The van der Waals surface area contributed by atoms with Crippen LogP contribution in [0.25, 0.3) is 0 Å². The molecule has 2 fully saturated rings. The lowest BCUT2D eigenvalue weighted by Gasteiger charge is -2.33. The van der Waals surface area contributed by atoms with Crippen molar-refractivity contribution in [2.45, 2.75) is 31.5 Å². The van der Waals surface area contributed by atoms with Crippen molar-refractivity contribution in [1.82, 2.24) is 10.2 Å². The molecule has 0 spiro atoms. The molecule has 1 atom stereocenters. The molecule has 1 aromatic carbocycles. The number of ether oxygens (including phenoxy) is 1. The van der Waals surface area contributed by atoms with E-state index in [4.69, 9.17) is 4.74 Å².